The van der Waals surface area contributed by atoms with E-state index in [2.05, 4.69) is 20.5 Å². The van der Waals surface area contributed by atoms with E-state index < -0.39 is 0 Å². The number of nitrogens with one attached hydrogen (secondary N) is 2. The van der Waals surface area contributed by atoms with Gasteiger partial charge in [-0.2, -0.15) is 0 Å². The Hall–Kier alpha value is -1.67. The Morgan fingerprint density at radius 1 is 1.04 bits per heavy atom. The molecule has 1 saturated heterocycles. The first-order valence-corrected chi connectivity index (χ1v) is 11.6. The van der Waals surface area contributed by atoms with Crippen LogP contribution in [-0.2, 0) is 17.8 Å². The lowest BCUT2D eigenvalue weighted by atomic mass is 10.2. The lowest BCUT2D eigenvalue weighted by molar-refractivity contribution is -0.132. The Balaban J connectivity index is 1.28. The third kappa shape index (κ3) is 5.03. The minimum Gasteiger partial charge on any atom is -0.342 e. The third-order valence-electron chi connectivity index (χ3n) is 6.04. The fraction of sp³-hybridized carbons (Fsp3) is 0.750. The molecule has 1 saturated carbocycles. The highest BCUT2D eigenvalue weighted by Crippen LogP contribution is 2.28. The summed E-state index contributed by atoms with van der Waals surface area (Å²) in [6, 6.07) is 0.154. The molecule has 3 aliphatic rings. The van der Waals surface area contributed by atoms with E-state index in [1.165, 1.54) is 30.6 Å². The number of fused-ring (bicyclic) bond motifs is 1. The number of likely N-dealkylation sites (tertiary alicyclic amines) is 1. The van der Waals surface area contributed by atoms with E-state index in [9.17, 15) is 9.59 Å². The Kier molecular flexibility index (Phi) is 6.47. The summed E-state index contributed by atoms with van der Waals surface area (Å²) < 4.78 is 0. The van der Waals surface area contributed by atoms with Crippen molar-refractivity contribution in [3.05, 3.63) is 10.6 Å². The fourth-order valence-electron chi connectivity index (χ4n) is 4.44. The van der Waals surface area contributed by atoms with Gasteiger partial charge in [-0.1, -0.05) is 25.7 Å². The van der Waals surface area contributed by atoms with Crippen molar-refractivity contribution < 1.29 is 9.59 Å². The lowest BCUT2D eigenvalue weighted by Crippen LogP contribution is -2.42. The molecular weight excluding hydrogens is 374 g/mol. The maximum absolute atomic E-state index is 12.7. The number of rotatable bonds is 4. The summed E-state index contributed by atoms with van der Waals surface area (Å²) in [7, 11) is 0. The Labute approximate surface area is 170 Å². The number of hydrogen-bond donors (Lipinski definition) is 2. The number of anilines is 1. The number of carbonyl (C=O) groups excluding carboxylic acids is 2. The van der Waals surface area contributed by atoms with Crippen molar-refractivity contribution in [3.8, 4) is 0 Å². The Morgan fingerprint density at radius 3 is 2.54 bits per heavy atom. The SMILES string of the molecule is O=C(Nc1nc2c(s1)CN(CC(=O)N1CCCCCC1)CC2)NC1CCCC1. The van der Waals surface area contributed by atoms with Gasteiger partial charge in [0, 0.05) is 43.5 Å². The second-order valence-electron chi connectivity index (χ2n) is 8.22. The monoisotopic (exact) mass is 405 g/mol. The fourth-order valence-corrected chi connectivity index (χ4v) is 5.48. The average molecular weight is 406 g/mol. The van der Waals surface area contributed by atoms with Gasteiger partial charge in [-0.3, -0.25) is 15.0 Å². The predicted octanol–water partition coefficient (Wildman–Crippen LogP) is 2.97. The molecular formula is C20H31N5O2S. The van der Waals surface area contributed by atoms with Crippen LogP contribution < -0.4 is 10.6 Å². The second kappa shape index (κ2) is 9.22. The summed E-state index contributed by atoms with van der Waals surface area (Å²) in [5.74, 6) is 0.254. The first kappa shape index (κ1) is 19.6. The minimum absolute atomic E-state index is 0.147. The summed E-state index contributed by atoms with van der Waals surface area (Å²) in [4.78, 5) is 34.9. The van der Waals surface area contributed by atoms with E-state index in [1.807, 2.05) is 4.90 Å². The zero-order chi connectivity index (χ0) is 19.3. The van der Waals surface area contributed by atoms with Gasteiger partial charge in [-0.05, 0) is 25.7 Å². The van der Waals surface area contributed by atoms with Crippen LogP contribution in [0.1, 0.15) is 61.9 Å². The first-order valence-electron chi connectivity index (χ1n) is 10.7. The van der Waals surface area contributed by atoms with Crippen LogP contribution in [0.2, 0.25) is 0 Å². The van der Waals surface area contributed by atoms with E-state index in [-0.39, 0.29) is 11.9 Å². The van der Waals surface area contributed by atoms with Gasteiger partial charge in [0.15, 0.2) is 5.13 Å². The lowest BCUT2D eigenvalue weighted by Gasteiger charge is -2.28. The van der Waals surface area contributed by atoms with Gasteiger partial charge in [-0.25, -0.2) is 9.78 Å². The summed E-state index contributed by atoms with van der Waals surface area (Å²) in [6.45, 7) is 3.90. The Morgan fingerprint density at radius 2 is 1.79 bits per heavy atom. The molecule has 154 valence electrons. The molecule has 1 aromatic heterocycles. The molecule has 1 aromatic rings. The molecule has 4 rings (SSSR count). The van der Waals surface area contributed by atoms with Crippen molar-refractivity contribution >= 4 is 28.4 Å². The van der Waals surface area contributed by atoms with Crippen LogP contribution in [0.3, 0.4) is 0 Å². The minimum atomic E-state index is -0.147. The van der Waals surface area contributed by atoms with Crippen LogP contribution in [0, 0.1) is 0 Å². The topological polar surface area (TPSA) is 77.6 Å². The molecule has 0 aromatic carbocycles. The summed E-state index contributed by atoms with van der Waals surface area (Å²) in [5, 5.41) is 6.61. The number of hydrogen-bond acceptors (Lipinski definition) is 5. The molecule has 0 spiro atoms. The van der Waals surface area contributed by atoms with Crippen LogP contribution in [-0.4, -0.2) is 58.9 Å². The quantitative estimate of drug-likeness (QED) is 0.807. The molecule has 3 heterocycles. The smallest absolute Gasteiger partial charge is 0.321 e. The maximum Gasteiger partial charge on any atom is 0.321 e. The number of amides is 3. The van der Waals surface area contributed by atoms with Gasteiger partial charge in [-0.15, -0.1) is 11.3 Å². The summed E-state index contributed by atoms with van der Waals surface area (Å²) in [5.41, 5.74) is 1.07. The maximum atomic E-state index is 12.7. The van der Waals surface area contributed by atoms with E-state index in [0.29, 0.717) is 17.7 Å². The second-order valence-corrected chi connectivity index (χ2v) is 9.31. The van der Waals surface area contributed by atoms with E-state index in [1.54, 1.807) is 11.3 Å². The largest absolute Gasteiger partial charge is 0.342 e. The predicted molar refractivity (Wildman–Crippen MR) is 111 cm³/mol. The summed E-state index contributed by atoms with van der Waals surface area (Å²) >= 11 is 1.54. The molecule has 2 fully saturated rings. The Bertz CT molecular complexity index is 693. The van der Waals surface area contributed by atoms with E-state index >= 15 is 0 Å². The van der Waals surface area contributed by atoms with Crippen molar-refractivity contribution in [2.24, 2.45) is 0 Å². The highest BCUT2D eigenvalue weighted by atomic mass is 32.1. The normalized spacial score (nSPS) is 21.2. The average Bonchev–Trinajstić information content (AvgIpc) is 3.22. The van der Waals surface area contributed by atoms with Gasteiger partial charge in [0.25, 0.3) is 0 Å². The zero-order valence-electron chi connectivity index (χ0n) is 16.5. The van der Waals surface area contributed by atoms with Crippen molar-refractivity contribution in [3.63, 3.8) is 0 Å². The van der Waals surface area contributed by atoms with Gasteiger partial charge in [0.2, 0.25) is 5.91 Å². The van der Waals surface area contributed by atoms with E-state index in [4.69, 9.17) is 0 Å². The number of aromatic nitrogens is 1. The molecule has 28 heavy (non-hydrogen) atoms. The molecule has 0 atom stereocenters. The first-order chi connectivity index (χ1) is 13.7. The van der Waals surface area contributed by atoms with Crippen molar-refractivity contribution in [2.75, 3.05) is 31.5 Å². The van der Waals surface area contributed by atoms with Crippen LogP contribution in [0.5, 0.6) is 0 Å². The number of nitrogens with zero attached hydrogens (tertiary/aromatic N) is 3. The van der Waals surface area contributed by atoms with Crippen LogP contribution >= 0.6 is 11.3 Å². The number of carbonyl (C=O) groups is 2. The van der Waals surface area contributed by atoms with Crippen molar-refractivity contribution in [1.82, 2.24) is 20.1 Å². The van der Waals surface area contributed by atoms with Gasteiger partial charge < -0.3 is 10.2 Å². The molecule has 2 aliphatic heterocycles. The van der Waals surface area contributed by atoms with Crippen molar-refractivity contribution in [1.29, 1.82) is 0 Å². The molecule has 0 unspecified atom stereocenters. The standard InChI is InChI=1S/C20H31N5O2S/c26-18(25-10-5-1-2-6-11-25)14-24-12-9-16-17(13-24)28-20(22-16)23-19(27)21-15-7-3-4-8-15/h15H,1-14H2,(H2,21,22,23,27). The van der Waals surface area contributed by atoms with Crippen LogP contribution in [0.4, 0.5) is 9.93 Å². The number of thiazole rings is 1. The molecule has 3 amide bonds. The highest BCUT2D eigenvalue weighted by molar-refractivity contribution is 7.15. The third-order valence-corrected chi connectivity index (χ3v) is 7.04. The van der Waals surface area contributed by atoms with Gasteiger partial charge >= 0.3 is 6.03 Å². The van der Waals surface area contributed by atoms with Crippen LogP contribution in [0.25, 0.3) is 0 Å². The van der Waals surface area contributed by atoms with Gasteiger partial charge in [0.1, 0.15) is 0 Å². The highest BCUT2D eigenvalue weighted by Gasteiger charge is 2.25. The number of urea groups is 1. The molecule has 1 aliphatic carbocycles. The summed E-state index contributed by atoms with van der Waals surface area (Å²) in [6.07, 6.45) is 10.1. The van der Waals surface area contributed by atoms with Crippen molar-refractivity contribution in [2.45, 2.75) is 70.4 Å². The zero-order valence-corrected chi connectivity index (χ0v) is 17.4. The van der Waals surface area contributed by atoms with Gasteiger partial charge in [0.05, 0.1) is 12.2 Å². The van der Waals surface area contributed by atoms with Crippen LogP contribution in [0.15, 0.2) is 0 Å². The molecule has 2 N–H and O–H groups in total. The molecule has 0 radical (unpaired) electrons. The molecule has 7 nitrogen and oxygen atoms in total. The molecule has 0 bridgehead atoms. The molecule has 8 heteroatoms. The van der Waals surface area contributed by atoms with E-state index in [0.717, 1.165) is 64.0 Å².